The monoisotopic (exact) mass is 396 g/mol. The number of anilines is 1. The number of carboxylic acid groups (broad SMARTS) is 1. The van der Waals surface area contributed by atoms with Crippen LogP contribution in [0.3, 0.4) is 0 Å². The number of carboxylic acids is 1. The minimum atomic E-state index is -0.987. The maximum Gasteiger partial charge on any atom is 0.305 e. The summed E-state index contributed by atoms with van der Waals surface area (Å²) in [5.74, 6) is -1.75. The van der Waals surface area contributed by atoms with E-state index in [1.54, 1.807) is 18.2 Å². The molecule has 0 saturated heterocycles. The van der Waals surface area contributed by atoms with Gasteiger partial charge in [-0.25, -0.2) is 0 Å². The number of hydrogen-bond donors (Lipinski definition) is 3. The van der Waals surface area contributed by atoms with Crippen molar-refractivity contribution < 1.29 is 24.3 Å². The average Bonchev–Trinajstić information content (AvgIpc) is 2.68. The second kappa shape index (κ2) is 10.2. The Balaban J connectivity index is 1.82. The number of aliphatic carboxylic acids is 1. The van der Waals surface area contributed by atoms with Crippen molar-refractivity contribution >= 4 is 29.3 Å². The number of ketones is 1. The van der Waals surface area contributed by atoms with Crippen LogP contribution in [0, 0.1) is 13.8 Å². The van der Waals surface area contributed by atoms with E-state index >= 15 is 0 Å². The van der Waals surface area contributed by atoms with Crippen molar-refractivity contribution in [1.29, 1.82) is 0 Å². The molecule has 0 heterocycles. The van der Waals surface area contributed by atoms with Crippen LogP contribution in [0.25, 0.3) is 0 Å². The molecule has 0 bridgehead atoms. The molecule has 29 heavy (non-hydrogen) atoms. The van der Waals surface area contributed by atoms with Crippen molar-refractivity contribution in [3.05, 3.63) is 64.7 Å². The summed E-state index contributed by atoms with van der Waals surface area (Å²) in [4.78, 5) is 46.7. The zero-order chi connectivity index (χ0) is 21.4. The van der Waals surface area contributed by atoms with Gasteiger partial charge in [-0.3, -0.25) is 19.2 Å². The summed E-state index contributed by atoms with van der Waals surface area (Å²) in [5.41, 5.74) is 3.61. The molecule has 3 N–H and O–H groups in total. The van der Waals surface area contributed by atoms with Gasteiger partial charge in [0.05, 0.1) is 6.42 Å². The van der Waals surface area contributed by atoms with Gasteiger partial charge in [0.25, 0.3) is 5.91 Å². The molecule has 2 aromatic rings. The minimum Gasteiger partial charge on any atom is -0.481 e. The standard InChI is InChI=1S/C22H24N2O5/c1-14-3-4-17(13-15(14)2)19(25)9-10-20(26)24-18-7-5-16(6-8-18)22(29)23-12-11-21(27)28/h3-8,13H,9-12H2,1-2H3,(H,23,29)(H,24,26)(H,27,28). The molecule has 7 nitrogen and oxygen atoms in total. The van der Waals surface area contributed by atoms with Gasteiger partial charge in [-0.05, 0) is 55.3 Å². The smallest absolute Gasteiger partial charge is 0.305 e. The van der Waals surface area contributed by atoms with Gasteiger partial charge in [-0.1, -0.05) is 12.1 Å². The fourth-order valence-electron chi connectivity index (χ4n) is 2.60. The van der Waals surface area contributed by atoms with Crippen LogP contribution in [0.4, 0.5) is 5.69 Å². The van der Waals surface area contributed by atoms with Gasteiger partial charge in [0.15, 0.2) is 5.78 Å². The fraction of sp³-hybridized carbons (Fsp3) is 0.273. The summed E-state index contributed by atoms with van der Waals surface area (Å²) in [7, 11) is 0. The highest BCUT2D eigenvalue weighted by atomic mass is 16.4. The van der Waals surface area contributed by atoms with Gasteiger partial charge in [0.1, 0.15) is 0 Å². The SMILES string of the molecule is Cc1ccc(C(=O)CCC(=O)Nc2ccc(C(=O)NCCC(=O)O)cc2)cc1C. The minimum absolute atomic E-state index is 0.0428. The number of carbonyl (C=O) groups is 4. The molecular weight excluding hydrogens is 372 g/mol. The maximum absolute atomic E-state index is 12.3. The lowest BCUT2D eigenvalue weighted by Gasteiger charge is -2.08. The Labute approximate surface area is 169 Å². The average molecular weight is 396 g/mol. The first-order chi connectivity index (χ1) is 13.8. The van der Waals surface area contributed by atoms with Crippen LogP contribution in [0.1, 0.15) is 51.1 Å². The number of rotatable bonds is 9. The van der Waals surface area contributed by atoms with Crippen molar-refractivity contribution in [3.63, 3.8) is 0 Å². The van der Waals surface area contributed by atoms with E-state index in [4.69, 9.17) is 5.11 Å². The van der Waals surface area contributed by atoms with Crippen molar-refractivity contribution in [2.75, 3.05) is 11.9 Å². The molecule has 0 aliphatic rings. The van der Waals surface area contributed by atoms with E-state index in [-0.39, 0.29) is 43.4 Å². The number of Topliss-reactive ketones (excluding diaryl/α,β-unsaturated/α-hetero) is 1. The van der Waals surface area contributed by atoms with Crippen LogP contribution in [0.2, 0.25) is 0 Å². The van der Waals surface area contributed by atoms with Crippen molar-refractivity contribution in [2.45, 2.75) is 33.1 Å². The first-order valence-corrected chi connectivity index (χ1v) is 9.26. The Morgan fingerprint density at radius 2 is 1.48 bits per heavy atom. The molecule has 0 aliphatic heterocycles. The summed E-state index contributed by atoms with van der Waals surface area (Å²) in [5, 5.41) is 13.8. The van der Waals surface area contributed by atoms with Crippen LogP contribution < -0.4 is 10.6 Å². The third-order valence-electron chi connectivity index (χ3n) is 4.46. The molecule has 0 spiro atoms. The Morgan fingerprint density at radius 3 is 2.10 bits per heavy atom. The molecule has 2 rings (SSSR count). The molecule has 0 fully saturated rings. The Bertz CT molecular complexity index is 919. The summed E-state index contributed by atoms with van der Waals surface area (Å²) < 4.78 is 0. The number of benzene rings is 2. The second-order valence-corrected chi connectivity index (χ2v) is 6.75. The molecule has 0 aliphatic carbocycles. The predicted octanol–water partition coefficient (Wildman–Crippen LogP) is 3.11. The zero-order valence-electron chi connectivity index (χ0n) is 16.5. The Morgan fingerprint density at radius 1 is 0.828 bits per heavy atom. The highest BCUT2D eigenvalue weighted by Crippen LogP contribution is 2.14. The number of carbonyl (C=O) groups excluding carboxylic acids is 3. The first kappa shape index (κ1) is 21.8. The Kier molecular flexibility index (Phi) is 7.65. The van der Waals surface area contributed by atoms with Crippen molar-refractivity contribution in [1.82, 2.24) is 5.32 Å². The molecule has 7 heteroatoms. The first-order valence-electron chi connectivity index (χ1n) is 9.26. The molecule has 0 radical (unpaired) electrons. The Hall–Kier alpha value is -3.48. The van der Waals surface area contributed by atoms with E-state index in [0.717, 1.165) is 11.1 Å². The largest absolute Gasteiger partial charge is 0.481 e. The fourth-order valence-corrected chi connectivity index (χ4v) is 2.60. The molecule has 0 saturated carbocycles. The number of amides is 2. The van der Waals surface area contributed by atoms with E-state index in [1.807, 2.05) is 26.0 Å². The summed E-state index contributed by atoms with van der Waals surface area (Å²) in [6, 6.07) is 11.7. The quantitative estimate of drug-likeness (QED) is 0.564. The lowest BCUT2D eigenvalue weighted by atomic mass is 10.0. The van der Waals surface area contributed by atoms with Crippen LogP contribution >= 0.6 is 0 Å². The molecule has 0 atom stereocenters. The van der Waals surface area contributed by atoms with Gasteiger partial charge in [0.2, 0.25) is 5.91 Å². The third kappa shape index (κ3) is 6.88. The van der Waals surface area contributed by atoms with Crippen molar-refractivity contribution in [3.8, 4) is 0 Å². The summed E-state index contributed by atoms with van der Waals surface area (Å²) in [6.45, 7) is 3.96. The van der Waals surface area contributed by atoms with Gasteiger partial charge < -0.3 is 15.7 Å². The normalized spacial score (nSPS) is 10.3. The highest BCUT2D eigenvalue weighted by molar-refractivity contribution is 6.00. The van der Waals surface area contributed by atoms with Crippen LogP contribution in [-0.2, 0) is 9.59 Å². The molecule has 0 aromatic heterocycles. The topological polar surface area (TPSA) is 113 Å². The summed E-state index contributed by atoms with van der Waals surface area (Å²) in [6.07, 6.45) is 0.0162. The molecule has 152 valence electrons. The van der Waals surface area contributed by atoms with E-state index in [1.165, 1.54) is 12.1 Å². The molecular formula is C22H24N2O5. The maximum atomic E-state index is 12.3. The zero-order valence-corrected chi connectivity index (χ0v) is 16.5. The highest BCUT2D eigenvalue weighted by Gasteiger charge is 2.11. The van der Waals surface area contributed by atoms with Crippen LogP contribution in [0.5, 0.6) is 0 Å². The van der Waals surface area contributed by atoms with E-state index in [9.17, 15) is 19.2 Å². The molecule has 2 aromatic carbocycles. The number of nitrogens with one attached hydrogen (secondary N) is 2. The third-order valence-corrected chi connectivity index (χ3v) is 4.46. The van der Waals surface area contributed by atoms with Gasteiger partial charge >= 0.3 is 5.97 Å². The number of hydrogen-bond acceptors (Lipinski definition) is 4. The lowest BCUT2D eigenvalue weighted by molar-refractivity contribution is -0.136. The lowest BCUT2D eigenvalue weighted by Crippen LogP contribution is -2.25. The number of aryl methyl sites for hydroxylation is 2. The predicted molar refractivity (Wildman–Crippen MR) is 109 cm³/mol. The van der Waals surface area contributed by atoms with Gasteiger partial charge in [-0.2, -0.15) is 0 Å². The van der Waals surface area contributed by atoms with Gasteiger partial charge in [0, 0.05) is 36.2 Å². The summed E-state index contributed by atoms with van der Waals surface area (Å²) >= 11 is 0. The van der Waals surface area contributed by atoms with Gasteiger partial charge in [-0.15, -0.1) is 0 Å². The second-order valence-electron chi connectivity index (χ2n) is 6.75. The van der Waals surface area contributed by atoms with Crippen LogP contribution in [-0.4, -0.2) is 35.2 Å². The van der Waals surface area contributed by atoms with E-state index in [2.05, 4.69) is 10.6 Å². The molecule has 2 amide bonds. The van der Waals surface area contributed by atoms with E-state index in [0.29, 0.717) is 16.8 Å². The van der Waals surface area contributed by atoms with E-state index < -0.39 is 5.97 Å². The van der Waals surface area contributed by atoms with Crippen LogP contribution in [0.15, 0.2) is 42.5 Å². The van der Waals surface area contributed by atoms with Crippen molar-refractivity contribution in [2.24, 2.45) is 0 Å². The molecule has 0 unspecified atom stereocenters.